The summed E-state index contributed by atoms with van der Waals surface area (Å²) in [5.74, 6) is 1.67. The van der Waals surface area contributed by atoms with E-state index in [1.54, 1.807) is 0 Å². The lowest BCUT2D eigenvalue weighted by atomic mass is 10.1. The Balaban J connectivity index is 1.56. The Labute approximate surface area is 110 Å². The second-order valence-electron chi connectivity index (χ2n) is 5.19. The second-order valence-corrected chi connectivity index (χ2v) is 5.95. The Morgan fingerprint density at radius 3 is 2.94 bits per heavy atom. The smallest absolute Gasteiger partial charge is 0.207 e. The van der Waals surface area contributed by atoms with Gasteiger partial charge in [0.1, 0.15) is 5.82 Å². The molecule has 1 N–H and O–H groups in total. The van der Waals surface area contributed by atoms with Gasteiger partial charge >= 0.3 is 0 Å². The van der Waals surface area contributed by atoms with Gasteiger partial charge in [0.2, 0.25) is 5.13 Å². The number of aryl methyl sites for hydroxylation is 2. The molecule has 3 nitrogen and oxygen atoms in total. The molecule has 2 aliphatic rings. The highest BCUT2D eigenvalue weighted by molar-refractivity contribution is 7.09. The van der Waals surface area contributed by atoms with Crippen LogP contribution in [0, 0.1) is 0 Å². The molecule has 0 saturated heterocycles. The van der Waals surface area contributed by atoms with Gasteiger partial charge in [0.05, 0.1) is 0 Å². The summed E-state index contributed by atoms with van der Waals surface area (Å²) in [5, 5.41) is 4.31. The molecule has 0 radical (unpaired) electrons. The van der Waals surface area contributed by atoms with Gasteiger partial charge < -0.3 is 5.32 Å². The quantitative estimate of drug-likeness (QED) is 0.912. The Kier molecular flexibility index (Phi) is 2.36. The predicted molar refractivity (Wildman–Crippen MR) is 73.6 cm³/mol. The van der Waals surface area contributed by atoms with Crippen LogP contribution in [0.15, 0.2) is 18.2 Å². The van der Waals surface area contributed by atoms with Gasteiger partial charge in [-0.1, -0.05) is 6.07 Å². The van der Waals surface area contributed by atoms with Crippen molar-refractivity contribution in [3.8, 4) is 0 Å². The molecule has 1 aromatic carbocycles. The van der Waals surface area contributed by atoms with Crippen LogP contribution in [0.25, 0.3) is 0 Å². The van der Waals surface area contributed by atoms with E-state index in [2.05, 4.69) is 32.9 Å². The van der Waals surface area contributed by atoms with E-state index in [1.165, 1.54) is 54.8 Å². The van der Waals surface area contributed by atoms with Gasteiger partial charge in [-0.05, 0) is 55.4 Å². The molecule has 0 spiro atoms. The largest absolute Gasteiger partial charge is 0.330 e. The Morgan fingerprint density at radius 2 is 2.06 bits per heavy atom. The SMILES string of the molecule is c1cc2c(cc1Nc1nc(C3CC3)ns1)CCC2. The first-order valence-electron chi connectivity index (χ1n) is 6.61. The fourth-order valence-electron chi connectivity index (χ4n) is 2.57. The van der Waals surface area contributed by atoms with Crippen molar-refractivity contribution in [3.05, 3.63) is 35.2 Å². The van der Waals surface area contributed by atoms with Gasteiger partial charge in [0.15, 0.2) is 0 Å². The first kappa shape index (κ1) is 10.5. The number of rotatable bonds is 3. The first-order valence-corrected chi connectivity index (χ1v) is 7.38. The fourth-order valence-corrected chi connectivity index (χ4v) is 3.23. The number of aromatic nitrogens is 2. The molecule has 0 atom stereocenters. The van der Waals surface area contributed by atoms with Crippen molar-refractivity contribution in [1.82, 2.24) is 9.36 Å². The van der Waals surface area contributed by atoms with Gasteiger partial charge in [-0.25, -0.2) is 4.98 Å². The Bertz CT molecular complexity index is 586. The normalized spacial score (nSPS) is 17.8. The number of fused-ring (bicyclic) bond motifs is 1. The lowest BCUT2D eigenvalue weighted by Crippen LogP contribution is -1.92. The lowest BCUT2D eigenvalue weighted by molar-refractivity contribution is 0.912. The zero-order chi connectivity index (χ0) is 11.9. The molecule has 0 unspecified atom stereocenters. The molecule has 0 bridgehead atoms. The minimum atomic E-state index is 0.636. The molecule has 0 aliphatic heterocycles. The third-order valence-electron chi connectivity index (χ3n) is 3.73. The zero-order valence-electron chi connectivity index (χ0n) is 10.1. The van der Waals surface area contributed by atoms with E-state index in [9.17, 15) is 0 Å². The highest BCUT2D eigenvalue weighted by atomic mass is 32.1. The van der Waals surface area contributed by atoms with Crippen molar-refractivity contribution < 1.29 is 0 Å². The molecule has 4 rings (SSSR count). The topological polar surface area (TPSA) is 37.8 Å². The van der Waals surface area contributed by atoms with E-state index in [4.69, 9.17) is 0 Å². The van der Waals surface area contributed by atoms with Gasteiger partial charge in [-0.15, -0.1) is 0 Å². The van der Waals surface area contributed by atoms with Crippen LogP contribution in [0.4, 0.5) is 10.8 Å². The zero-order valence-corrected chi connectivity index (χ0v) is 11.0. The van der Waals surface area contributed by atoms with E-state index in [0.717, 1.165) is 16.6 Å². The summed E-state index contributed by atoms with van der Waals surface area (Å²) < 4.78 is 4.41. The van der Waals surface area contributed by atoms with E-state index in [-0.39, 0.29) is 0 Å². The summed E-state index contributed by atoms with van der Waals surface area (Å²) in [4.78, 5) is 4.56. The molecule has 92 valence electrons. The summed E-state index contributed by atoms with van der Waals surface area (Å²) >= 11 is 1.47. The summed E-state index contributed by atoms with van der Waals surface area (Å²) in [6.07, 6.45) is 6.27. The average molecular weight is 257 g/mol. The van der Waals surface area contributed by atoms with E-state index >= 15 is 0 Å². The van der Waals surface area contributed by atoms with Crippen LogP contribution in [0.2, 0.25) is 0 Å². The number of nitrogens with zero attached hydrogens (tertiary/aromatic N) is 2. The van der Waals surface area contributed by atoms with Crippen LogP contribution in [0.3, 0.4) is 0 Å². The van der Waals surface area contributed by atoms with E-state index < -0.39 is 0 Å². The minimum absolute atomic E-state index is 0.636. The van der Waals surface area contributed by atoms with Crippen molar-refractivity contribution in [2.45, 2.75) is 38.0 Å². The van der Waals surface area contributed by atoms with Crippen molar-refractivity contribution in [3.63, 3.8) is 0 Å². The lowest BCUT2D eigenvalue weighted by Gasteiger charge is -2.05. The molecule has 18 heavy (non-hydrogen) atoms. The Hall–Kier alpha value is -1.42. The third kappa shape index (κ3) is 1.90. The fraction of sp³-hybridized carbons (Fsp3) is 0.429. The molecule has 4 heteroatoms. The maximum absolute atomic E-state index is 4.56. The average Bonchev–Trinajstić information content (AvgIpc) is 2.95. The predicted octanol–water partition coefficient (Wildman–Crippen LogP) is 3.65. The van der Waals surface area contributed by atoms with Crippen molar-refractivity contribution >= 4 is 22.4 Å². The maximum atomic E-state index is 4.56. The van der Waals surface area contributed by atoms with Crippen LogP contribution in [-0.4, -0.2) is 9.36 Å². The molecular formula is C14H15N3S. The van der Waals surface area contributed by atoms with Crippen LogP contribution < -0.4 is 5.32 Å². The molecule has 1 heterocycles. The highest BCUT2D eigenvalue weighted by Gasteiger charge is 2.27. The van der Waals surface area contributed by atoms with E-state index in [1.807, 2.05) is 0 Å². The van der Waals surface area contributed by atoms with Gasteiger partial charge in [-0.2, -0.15) is 4.37 Å². The van der Waals surface area contributed by atoms with Gasteiger partial charge in [0, 0.05) is 23.1 Å². The third-order valence-corrected chi connectivity index (χ3v) is 4.38. The number of benzene rings is 1. The standard InChI is InChI=1S/C14H15N3S/c1-2-9-6-7-12(8-11(9)3-1)15-14-16-13(17-18-14)10-4-5-10/h6-8,10H,1-5H2,(H,15,16,17). The van der Waals surface area contributed by atoms with Crippen LogP contribution in [-0.2, 0) is 12.8 Å². The van der Waals surface area contributed by atoms with Gasteiger partial charge in [0.25, 0.3) is 0 Å². The molecular weight excluding hydrogens is 242 g/mol. The number of hydrogen-bond donors (Lipinski definition) is 1. The molecule has 1 aromatic heterocycles. The minimum Gasteiger partial charge on any atom is -0.330 e. The monoisotopic (exact) mass is 257 g/mol. The summed E-state index contributed by atoms with van der Waals surface area (Å²) in [6.45, 7) is 0. The highest BCUT2D eigenvalue weighted by Crippen LogP contribution is 2.39. The Morgan fingerprint density at radius 1 is 1.17 bits per heavy atom. The molecule has 2 aromatic rings. The van der Waals surface area contributed by atoms with Crippen LogP contribution in [0.5, 0.6) is 0 Å². The number of nitrogens with one attached hydrogen (secondary N) is 1. The summed E-state index contributed by atoms with van der Waals surface area (Å²) in [5.41, 5.74) is 4.15. The summed E-state index contributed by atoms with van der Waals surface area (Å²) in [7, 11) is 0. The van der Waals surface area contributed by atoms with Gasteiger partial charge in [-0.3, -0.25) is 0 Å². The van der Waals surface area contributed by atoms with Crippen molar-refractivity contribution in [2.75, 3.05) is 5.32 Å². The second kappa shape index (κ2) is 4.05. The van der Waals surface area contributed by atoms with Crippen LogP contribution in [0.1, 0.15) is 42.1 Å². The van der Waals surface area contributed by atoms with E-state index in [0.29, 0.717) is 5.92 Å². The molecule has 1 fully saturated rings. The molecule has 2 aliphatic carbocycles. The molecule has 0 amide bonds. The number of anilines is 2. The van der Waals surface area contributed by atoms with Crippen molar-refractivity contribution in [2.24, 2.45) is 0 Å². The maximum Gasteiger partial charge on any atom is 0.207 e. The molecule has 1 saturated carbocycles. The van der Waals surface area contributed by atoms with Crippen molar-refractivity contribution in [1.29, 1.82) is 0 Å². The first-order chi connectivity index (χ1) is 8.88. The number of hydrogen-bond acceptors (Lipinski definition) is 4. The summed E-state index contributed by atoms with van der Waals surface area (Å²) in [6, 6.07) is 6.66. The van der Waals surface area contributed by atoms with Crippen LogP contribution >= 0.6 is 11.5 Å².